The Bertz CT molecular complexity index is 1330. The average Bonchev–Trinajstić information content (AvgIpc) is 2.87. The fourth-order valence-corrected chi connectivity index (χ4v) is 5.08. The number of hydrogen-bond acceptors (Lipinski definition) is 7. The third kappa shape index (κ3) is 7.10. The number of rotatable bonds is 11. The van der Waals surface area contributed by atoms with Gasteiger partial charge in [0.05, 0.1) is 23.9 Å². The summed E-state index contributed by atoms with van der Waals surface area (Å²) in [6.07, 6.45) is 0.333. The van der Waals surface area contributed by atoms with Gasteiger partial charge in [-0.2, -0.15) is 4.31 Å². The van der Waals surface area contributed by atoms with Gasteiger partial charge in [-0.25, -0.2) is 13.5 Å². The van der Waals surface area contributed by atoms with Crippen LogP contribution in [0.3, 0.4) is 0 Å². The molecule has 198 valence electrons. The van der Waals surface area contributed by atoms with Crippen LogP contribution in [0.25, 0.3) is 10.8 Å². The third-order valence-electron chi connectivity index (χ3n) is 5.99. The summed E-state index contributed by atoms with van der Waals surface area (Å²) < 4.78 is 26.8. The highest BCUT2D eigenvalue weighted by Gasteiger charge is 2.33. The molecule has 2 aromatic carbocycles. The molecule has 0 aliphatic rings. The van der Waals surface area contributed by atoms with Gasteiger partial charge in [-0.1, -0.05) is 54.6 Å². The summed E-state index contributed by atoms with van der Waals surface area (Å²) in [7, 11) is -2.90. The van der Waals surface area contributed by atoms with E-state index in [2.05, 4.69) is 10.3 Å². The molecular formula is C26H32N4O6S. The lowest BCUT2D eigenvalue weighted by molar-refractivity contribution is -0.159. The van der Waals surface area contributed by atoms with E-state index >= 15 is 0 Å². The first-order valence-electron chi connectivity index (χ1n) is 11.8. The second kappa shape index (κ2) is 12.2. The van der Waals surface area contributed by atoms with Crippen LogP contribution < -0.4 is 5.32 Å². The van der Waals surface area contributed by atoms with Crippen molar-refractivity contribution in [2.45, 2.75) is 37.7 Å². The van der Waals surface area contributed by atoms with Gasteiger partial charge in [0.1, 0.15) is 5.69 Å². The zero-order valence-electron chi connectivity index (χ0n) is 21.0. The topological polar surface area (TPSA) is 140 Å². The summed E-state index contributed by atoms with van der Waals surface area (Å²) in [4.78, 5) is 29.7. The van der Waals surface area contributed by atoms with Crippen molar-refractivity contribution in [3.63, 3.8) is 0 Å². The Hall–Kier alpha value is -3.38. The smallest absolute Gasteiger partial charge is 0.270 e. The molecule has 11 heteroatoms. The van der Waals surface area contributed by atoms with E-state index in [4.69, 9.17) is 0 Å². The molecule has 0 aliphatic heterocycles. The number of aliphatic hydroxyl groups is 1. The van der Waals surface area contributed by atoms with Gasteiger partial charge in [0.2, 0.25) is 10.0 Å². The van der Waals surface area contributed by atoms with Crippen molar-refractivity contribution in [2.75, 3.05) is 20.1 Å². The van der Waals surface area contributed by atoms with E-state index in [-0.39, 0.29) is 12.1 Å². The van der Waals surface area contributed by atoms with Crippen LogP contribution in [0.1, 0.15) is 29.9 Å². The number of sulfonamides is 1. The zero-order valence-corrected chi connectivity index (χ0v) is 21.8. The predicted molar refractivity (Wildman–Crippen MR) is 139 cm³/mol. The summed E-state index contributed by atoms with van der Waals surface area (Å²) in [5, 5.41) is 24.4. The molecule has 0 fully saturated rings. The van der Waals surface area contributed by atoms with Crippen LogP contribution in [-0.2, 0) is 21.2 Å². The summed E-state index contributed by atoms with van der Waals surface area (Å²) in [5.41, 5.74) is 0.981. The number of carbonyl (C=O) groups excluding carboxylic acids is 2. The summed E-state index contributed by atoms with van der Waals surface area (Å²) in [5.74, 6) is -1.39. The van der Waals surface area contributed by atoms with Crippen LogP contribution in [0.4, 0.5) is 0 Å². The Balaban J connectivity index is 1.92. The molecule has 0 spiro atoms. The number of aliphatic hydroxyl groups excluding tert-OH is 1. The predicted octanol–water partition coefficient (Wildman–Crippen LogP) is 1.82. The average molecular weight is 529 g/mol. The molecule has 2 amide bonds. The minimum atomic E-state index is -3.99. The molecular weight excluding hydrogens is 496 g/mol. The standard InChI is InChI=1S/C26H32N4O6S/c1-18(2)37(35,36)30(17-24(32)29(3)34)16-23(31)22(15-19-9-5-4-6-10-19)28-26(33)25-21-12-8-7-11-20(21)13-14-27-25/h4-14,18,22-23,31,34H,15-17H2,1-3H3,(H,28,33). The van der Waals surface area contributed by atoms with Gasteiger partial charge in [0.15, 0.2) is 0 Å². The molecule has 1 heterocycles. The van der Waals surface area contributed by atoms with Crippen molar-refractivity contribution in [3.8, 4) is 0 Å². The van der Waals surface area contributed by atoms with E-state index in [0.717, 1.165) is 22.3 Å². The maximum absolute atomic E-state index is 13.3. The number of nitrogens with one attached hydrogen (secondary N) is 1. The molecule has 0 saturated carbocycles. The lowest BCUT2D eigenvalue weighted by atomic mass is 10.0. The van der Waals surface area contributed by atoms with Crippen LogP contribution in [0, 0.1) is 0 Å². The van der Waals surface area contributed by atoms with Gasteiger partial charge >= 0.3 is 0 Å². The van der Waals surface area contributed by atoms with Gasteiger partial charge in [0.25, 0.3) is 11.8 Å². The maximum atomic E-state index is 13.3. The Morgan fingerprint density at radius 1 is 1.03 bits per heavy atom. The van der Waals surface area contributed by atoms with Crippen LogP contribution in [0.5, 0.6) is 0 Å². The molecule has 2 unspecified atom stereocenters. The number of likely N-dealkylation sites (N-methyl/N-ethyl adjacent to an activating group) is 1. The fourth-order valence-electron chi connectivity index (χ4n) is 3.83. The van der Waals surface area contributed by atoms with Crippen molar-refractivity contribution < 1.29 is 28.3 Å². The molecule has 37 heavy (non-hydrogen) atoms. The van der Waals surface area contributed by atoms with Crippen LogP contribution in [0.15, 0.2) is 66.9 Å². The SMILES string of the molecule is CC(C)S(=O)(=O)N(CC(=O)N(C)O)CC(O)C(Cc1ccccc1)NC(=O)c1nccc2ccccc12. The first-order chi connectivity index (χ1) is 17.5. The molecule has 1 aromatic heterocycles. The van der Waals surface area contributed by atoms with E-state index in [1.54, 1.807) is 18.2 Å². The first-order valence-corrected chi connectivity index (χ1v) is 13.3. The van der Waals surface area contributed by atoms with Crippen LogP contribution >= 0.6 is 0 Å². The number of pyridine rings is 1. The number of benzene rings is 2. The van der Waals surface area contributed by atoms with Gasteiger partial charge in [0, 0.05) is 25.2 Å². The minimum Gasteiger partial charge on any atom is -0.390 e. The molecule has 0 radical (unpaired) electrons. The number of fused-ring (bicyclic) bond motifs is 1. The Morgan fingerprint density at radius 3 is 2.32 bits per heavy atom. The normalized spacial score (nSPS) is 13.5. The van der Waals surface area contributed by atoms with Crippen molar-refractivity contribution in [3.05, 3.63) is 78.1 Å². The highest BCUT2D eigenvalue weighted by atomic mass is 32.2. The molecule has 2 atom stereocenters. The van der Waals surface area contributed by atoms with Crippen molar-refractivity contribution in [1.29, 1.82) is 0 Å². The van der Waals surface area contributed by atoms with Crippen LogP contribution in [-0.4, -0.2) is 82.4 Å². The molecule has 0 bridgehead atoms. The Labute approximate surface area is 216 Å². The molecule has 0 aliphatic carbocycles. The quantitative estimate of drug-likeness (QED) is 0.255. The Kier molecular flexibility index (Phi) is 9.33. The lowest BCUT2D eigenvalue weighted by Crippen LogP contribution is -2.53. The Morgan fingerprint density at radius 2 is 1.68 bits per heavy atom. The van der Waals surface area contributed by atoms with E-state index in [0.29, 0.717) is 10.4 Å². The third-order valence-corrected chi connectivity index (χ3v) is 8.18. The molecule has 10 nitrogen and oxygen atoms in total. The number of aromatic nitrogens is 1. The zero-order chi connectivity index (χ0) is 27.2. The molecule has 3 rings (SSSR count). The first kappa shape index (κ1) is 28.2. The van der Waals surface area contributed by atoms with Crippen molar-refractivity contribution >= 4 is 32.6 Å². The second-order valence-corrected chi connectivity index (χ2v) is 11.5. The van der Waals surface area contributed by atoms with E-state index in [1.165, 1.54) is 20.0 Å². The van der Waals surface area contributed by atoms with Crippen molar-refractivity contribution in [1.82, 2.24) is 19.7 Å². The largest absolute Gasteiger partial charge is 0.390 e. The lowest BCUT2D eigenvalue weighted by Gasteiger charge is -2.30. The van der Waals surface area contributed by atoms with E-state index in [9.17, 15) is 28.3 Å². The number of carbonyl (C=O) groups is 2. The highest BCUT2D eigenvalue weighted by Crippen LogP contribution is 2.18. The van der Waals surface area contributed by atoms with Gasteiger partial charge < -0.3 is 10.4 Å². The molecule has 0 saturated heterocycles. The van der Waals surface area contributed by atoms with Gasteiger partial charge in [-0.3, -0.25) is 19.8 Å². The minimum absolute atomic E-state index is 0.173. The highest BCUT2D eigenvalue weighted by molar-refractivity contribution is 7.89. The van der Waals surface area contributed by atoms with Gasteiger partial charge in [-0.05, 0) is 37.3 Å². The summed E-state index contributed by atoms with van der Waals surface area (Å²) >= 11 is 0. The van der Waals surface area contributed by atoms with Gasteiger partial charge in [-0.15, -0.1) is 0 Å². The second-order valence-electron chi connectivity index (χ2n) is 9.02. The fraction of sp³-hybridized carbons (Fsp3) is 0.346. The number of hydroxylamine groups is 2. The monoisotopic (exact) mass is 528 g/mol. The van der Waals surface area contributed by atoms with E-state index in [1.807, 2.05) is 42.5 Å². The maximum Gasteiger partial charge on any atom is 0.270 e. The molecule has 3 N–H and O–H groups in total. The van der Waals surface area contributed by atoms with Crippen molar-refractivity contribution in [2.24, 2.45) is 0 Å². The number of nitrogens with zero attached hydrogens (tertiary/aromatic N) is 3. The van der Waals surface area contributed by atoms with E-state index < -0.39 is 52.3 Å². The molecule has 3 aromatic rings. The summed E-state index contributed by atoms with van der Waals surface area (Å²) in [6, 6.07) is 17.3. The number of amides is 2. The number of hydrogen-bond donors (Lipinski definition) is 3. The van der Waals surface area contributed by atoms with Crippen LogP contribution in [0.2, 0.25) is 0 Å². The summed E-state index contributed by atoms with van der Waals surface area (Å²) in [6.45, 7) is 1.77.